The molecule has 34 heavy (non-hydrogen) atoms. The number of ether oxygens (including phenoxy) is 3. The zero-order chi connectivity index (χ0) is 24.4. The van der Waals surface area contributed by atoms with E-state index in [2.05, 4.69) is 33.9 Å². The number of aryl methyl sites for hydroxylation is 3. The number of anilines is 2. The number of nitrogens with zero attached hydrogens (tertiary/aromatic N) is 3. The molecule has 2 heterocycles. The highest BCUT2D eigenvalue weighted by atomic mass is 16.5. The van der Waals surface area contributed by atoms with Gasteiger partial charge in [-0.3, -0.25) is 0 Å². The normalized spacial score (nSPS) is 11.2. The summed E-state index contributed by atoms with van der Waals surface area (Å²) in [6.45, 7) is 12.8. The predicted molar refractivity (Wildman–Crippen MR) is 136 cm³/mol. The number of fused-ring (bicyclic) bond motifs is 1. The second-order valence-electron chi connectivity index (χ2n) is 8.48. The van der Waals surface area contributed by atoms with Crippen molar-refractivity contribution in [2.75, 3.05) is 19.0 Å². The van der Waals surface area contributed by atoms with E-state index in [0.717, 1.165) is 56.5 Å². The number of methoxy groups -OCH3 is 1. The van der Waals surface area contributed by atoms with E-state index in [1.165, 1.54) is 0 Å². The Labute approximate surface area is 200 Å². The van der Waals surface area contributed by atoms with Gasteiger partial charge in [0.2, 0.25) is 0 Å². The molecule has 2 aromatic heterocycles. The average molecular weight is 461 g/mol. The van der Waals surface area contributed by atoms with Crippen molar-refractivity contribution >= 4 is 22.3 Å². The molecule has 0 saturated heterocycles. The Bertz CT molecular complexity index is 1330. The molecule has 7 heteroatoms. The van der Waals surface area contributed by atoms with Crippen LogP contribution in [-0.2, 0) is 0 Å². The van der Waals surface area contributed by atoms with Gasteiger partial charge in [-0.25, -0.2) is 0 Å². The van der Waals surface area contributed by atoms with Crippen LogP contribution < -0.4 is 19.5 Å². The van der Waals surface area contributed by atoms with E-state index in [1.807, 2.05) is 70.2 Å². The van der Waals surface area contributed by atoms with Crippen molar-refractivity contribution in [2.24, 2.45) is 0 Å². The first-order chi connectivity index (χ1) is 16.3. The van der Waals surface area contributed by atoms with Crippen LogP contribution in [0.1, 0.15) is 37.9 Å². The Morgan fingerprint density at radius 2 is 1.71 bits per heavy atom. The first-order valence-corrected chi connectivity index (χ1v) is 11.5. The van der Waals surface area contributed by atoms with Crippen LogP contribution in [0.25, 0.3) is 16.5 Å². The quantitative estimate of drug-likeness (QED) is 0.333. The number of rotatable bonds is 8. The molecule has 0 atom stereocenters. The lowest BCUT2D eigenvalue weighted by molar-refractivity contribution is 0.242. The van der Waals surface area contributed by atoms with E-state index >= 15 is 0 Å². The summed E-state index contributed by atoms with van der Waals surface area (Å²) in [5.41, 5.74) is 4.82. The fraction of sp³-hybridized carbons (Fsp3) is 0.333. The highest BCUT2D eigenvalue weighted by Crippen LogP contribution is 2.38. The minimum atomic E-state index is 0.101. The minimum Gasteiger partial charge on any atom is -0.494 e. The van der Waals surface area contributed by atoms with Crippen LogP contribution in [0.3, 0.4) is 0 Å². The van der Waals surface area contributed by atoms with Crippen molar-refractivity contribution in [3.8, 4) is 22.9 Å². The van der Waals surface area contributed by atoms with Gasteiger partial charge in [-0.2, -0.15) is 5.10 Å². The third kappa shape index (κ3) is 4.38. The van der Waals surface area contributed by atoms with Gasteiger partial charge in [-0.1, -0.05) is 6.07 Å². The van der Waals surface area contributed by atoms with E-state index in [4.69, 9.17) is 14.2 Å². The van der Waals surface area contributed by atoms with Gasteiger partial charge >= 0.3 is 0 Å². The number of nitrogens with one attached hydrogen (secondary N) is 1. The molecule has 0 bridgehead atoms. The largest absolute Gasteiger partial charge is 0.494 e. The highest BCUT2D eigenvalue weighted by molar-refractivity contribution is 5.99. The van der Waals surface area contributed by atoms with Crippen molar-refractivity contribution in [3.05, 3.63) is 59.5 Å². The maximum atomic E-state index is 5.85. The molecule has 0 amide bonds. The van der Waals surface area contributed by atoms with Gasteiger partial charge in [-0.05, 0) is 65.8 Å². The van der Waals surface area contributed by atoms with Crippen LogP contribution in [0.5, 0.6) is 17.2 Å². The van der Waals surface area contributed by atoms with E-state index in [-0.39, 0.29) is 6.10 Å². The second kappa shape index (κ2) is 9.63. The molecule has 4 rings (SSSR count). The SMILES string of the molecule is CCOc1ccc(-n2c(C)c3c(C)nnc(Nc4cccc(OC(C)C)c4)c3c2C)c(OC)c1. The summed E-state index contributed by atoms with van der Waals surface area (Å²) in [6.07, 6.45) is 0.101. The molecule has 1 N–H and O–H groups in total. The van der Waals surface area contributed by atoms with Crippen LogP contribution >= 0.6 is 0 Å². The van der Waals surface area contributed by atoms with Gasteiger partial charge in [0.1, 0.15) is 17.2 Å². The van der Waals surface area contributed by atoms with Crippen molar-refractivity contribution in [1.82, 2.24) is 14.8 Å². The summed E-state index contributed by atoms with van der Waals surface area (Å²) in [5, 5.41) is 14.5. The van der Waals surface area contributed by atoms with Crippen LogP contribution in [0.2, 0.25) is 0 Å². The van der Waals surface area contributed by atoms with Gasteiger partial charge in [0.15, 0.2) is 5.82 Å². The summed E-state index contributed by atoms with van der Waals surface area (Å²) in [5.74, 6) is 3.03. The summed E-state index contributed by atoms with van der Waals surface area (Å²) >= 11 is 0. The molecular weight excluding hydrogens is 428 g/mol. The lowest BCUT2D eigenvalue weighted by atomic mass is 10.1. The Morgan fingerprint density at radius 3 is 2.41 bits per heavy atom. The molecule has 0 unspecified atom stereocenters. The Morgan fingerprint density at radius 1 is 0.941 bits per heavy atom. The van der Waals surface area contributed by atoms with Gasteiger partial charge in [0, 0.05) is 40.0 Å². The molecule has 0 aliphatic heterocycles. The molecule has 2 aromatic carbocycles. The minimum absolute atomic E-state index is 0.101. The van der Waals surface area contributed by atoms with Crippen molar-refractivity contribution < 1.29 is 14.2 Å². The number of benzene rings is 2. The summed E-state index contributed by atoms with van der Waals surface area (Å²) in [7, 11) is 1.68. The zero-order valence-corrected chi connectivity index (χ0v) is 20.9. The van der Waals surface area contributed by atoms with E-state index in [1.54, 1.807) is 7.11 Å². The zero-order valence-electron chi connectivity index (χ0n) is 20.9. The van der Waals surface area contributed by atoms with Crippen LogP contribution in [-0.4, -0.2) is 34.6 Å². The summed E-state index contributed by atoms with van der Waals surface area (Å²) < 4.78 is 19.4. The van der Waals surface area contributed by atoms with Gasteiger partial charge < -0.3 is 24.1 Å². The molecule has 0 aliphatic carbocycles. The van der Waals surface area contributed by atoms with Crippen molar-refractivity contribution in [1.29, 1.82) is 0 Å². The van der Waals surface area contributed by atoms with Crippen molar-refractivity contribution in [2.45, 2.75) is 47.6 Å². The Kier molecular flexibility index (Phi) is 6.63. The molecular formula is C27H32N4O3. The van der Waals surface area contributed by atoms with Crippen molar-refractivity contribution in [3.63, 3.8) is 0 Å². The number of hydrogen-bond acceptors (Lipinski definition) is 6. The fourth-order valence-electron chi connectivity index (χ4n) is 4.40. The number of aromatic nitrogens is 3. The Balaban J connectivity index is 1.84. The van der Waals surface area contributed by atoms with E-state index in [0.29, 0.717) is 12.4 Å². The summed E-state index contributed by atoms with van der Waals surface area (Å²) in [4.78, 5) is 0. The molecule has 0 spiro atoms. The topological polar surface area (TPSA) is 70.4 Å². The lowest BCUT2D eigenvalue weighted by Crippen LogP contribution is -2.05. The standard InChI is InChI=1S/C27H32N4O3/c1-8-33-21-12-13-23(24(15-21)32-7)31-18(5)25-17(4)29-30-27(26(25)19(31)6)28-20-10-9-11-22(14-20)34-16(2)3/h9-16H,8H2,1-7H3,(H,28,30). The first kappa shape index (κ1) is 23.4. The lowest BCUT2D eigenvalue weighted by Gasteiger charge is -2.15. The summed E-state index contributed by atoms with van der Waals surface area (Å²) in [6, 6.07) is 13.8. The number of hydrogen-bond donors (Lipinski definition) is 1. The van der Waals surface area contributed by atoms with Gasteiger partial charge in [-0.15, -0.1) is 5.10 Å². The maximum absolute atomic E-state index is 5.85. The molecule has 0 aliphatic rings. The predicted octanol–water partition coefficient (Wildman–Crippen LogP) is 6.28. The smallest absolute Gasteiger partial charge is 0.162 e. The monoisotopic (exact) mass is 460 g/mol. The maximum Gasteiger partial charge on any atom is 0.162 e. The fourth-order valence-corrected chi connectivity index (χ4v) is 4.40. The first-order valence-electron chi connectivity index (χ1n) is 11.5. The van der Waals surface area contributed by atoms with Crippen LogP contribution in [0, 0.1) is 20.8 Å². The molecule has 0 fully saturated rings. The third-order valence-electron chi connectivity index (χ3n) is 5.71. The van der Waals surface area contributed by atoms with Gasteiger partial charge in [0.05, 0.1) is 31.2 Å². The van der Waals surface area contributed by atoms with E-state index < -0.39 is 0 Å². The molecule has 0 saturated carbocycles. The third-order valence-corrected chi connectivity index (χ3v) is 5.71. The average Bonchev–Trinajstić information content (AvgIpc) is 3.07. The van der Waals surface area contributed by atoms with Crippen LogP contribution in [0.15, 0.2) is 42.5 Å². The molecule has 0 radical (unpaired) electrons. The molecule has 4 aromatic rings. The highest BCUT2D eigenvalue weighted by Gasteiger charge is 2.21. The second-order valence-corrected chi connectivity index (χ2v) is 8.48. The molecule has 7 nitrogen and oxygen atoms in total. The van der Waals surface area contributed by atoms with E-state index in [9.17, 15) is 0 Å². The molecule has 178 valence electrons. The van der Waals surface area contributed by atoms with Gasteiger partial charge in [0.25, 0.3) is 0 Å². The Hall–Kier alpha value is -3.74. The van der Waals surface area contributed by atoms with Crippen LogP contribution in [0.4, 0.5) is 11.5 Å².